The molecule has 2 rings (SSSR count). The lowest BCUT2D eigenvalue weighted by Crippen LogP contribution is -2.51. The van der Waals surface area contributed by atoms with Gasteiger partial charge >= 0.3 is 5.97 Å². The molecule has 0 spiro atoms. The summed E-state index contributed by atoms with van der Waals surface area (Å²) in [4.78, 5) is 37.0. The lowest BCUT2D eigenvalue weighted by molar-refractivity contribution is -0.136. The first-order chi connectivity index (χ1) is 12.0. The van der Waals surface area contributed by atoms with Gasteiger partial charge in [0.1, 0.15) is 0 Å². The predicted molar refractivity (Wildman–Crippen MR) is 93.6 cm³/mol. The summed E-state index contributed by atoms with van der Waals surface area (Å²) < 4.78 is 0. The summed E-state index contributed by atoms with van der Waals surface area (Å²) >= 11 is 0. The Hall–Kier alpha value is -2.45. The molecule has 1 fully saturated rings. The number of anilines is 1. The Morgan fingerprint density at radius 2 is 2.00 bits per heavy atom. The third-order valence-corrected chi connectivity index (χ3v) is 4.10. The second-order valence-corrected chi connectivity index (χ2v) is 5.93. The van der Waals surface area contributed by atoms with Gasteiger partial charge in [-0.25, -0.2) is 0 Å². The largest absolute Gasteiger partial charge is 0.481 e. The Labute approximate surface area is 146 Å². The first kappa shape index (κ1) is 18.9. The van der Waals surface area contributed by atoms with Crippen molar-refractivity contribution in [2.45, 2.75) is 19.4 Å². The van der Waals surface area contributed by atoms with Gasteiger partial charge in [-0.2, -0.15) is 0 Å². The maximum absolute atomic E-state index is 12.4. The van der Waals surface area contributed by atoms with Crippen LogP contribution in [0.4, 0.5) is 5.69 Å². The Morgan fingerprint density at radius 3 is 2.68 bits per heavy atom. The average Bonchev–Trinajstić information content (AvgIpc) is 2.61. The molecular formula is C17H24N4O4. The van der Waals surface area contributed by atoms with Crippen LogP contribution in [0.5, 0.6) is 0 Å². The summed E-state index contributed by atoms with van der Waals surface area (Å²) in [6.07, 6.45) is -0.135. The van der Waals surface area contributed by atoms with Crippen molar-refractivity contribution in [2.75, 3.05) is 38.0 Å². The zero-order valence-corrected chi connectivity index (χ0v) is 14.2. The highest BCUT2D eigenvalue weighted by Crippen LogP contribution is 2.12. The van der Waals surface area contributed by atoms with Gasteiger partial charge in [0.15, 0.2) is 0 Å². The number of carbonyl (C=O) groups is 3. The van der Waals surface area contributed by atoms with Crippen molar-refractivity contribution in [1.29, 1.82) is 0 Å². The molecule has 0 bridgehead atoms. The van der Waals surface area contributed by atoms with Gasteiger partial charge < -0.3 is 21.1 Å². The topological polar surface area (TPSA) is 111 Å². The minimum absolute atomic E-state index is 0.0603. The fourth-order valence-electron chi connectivity index (χ4n) is 2.61. The zero-order chi connectivity index (χ0) is 18.2. The van der Waals surface area contributed by atoms with Crippen LogP contribution in [-0.2, 0) is 9.59 Å². The Kier molecular flexibility index (Phi) is 6.91. The Bertz CT molecular complexity index is 629. The first-order valence-electron chi connectivity index (χ1n) is 8.33. The van der Waals surface area contributed by atoms with Gasteiger partial charge in [0, 0.05) is 44.0 Å². The Morgan fingerprint density at radius 1 is 1.28 bits per heavy atom. The number of hydrogen-bond acceptors (Lipinski definition) is 5. The standard InChI is InChI=1S/C17H24N4O4/c1-12(21-9-7-18-8-10-21)16(24)20-14-4-2-3-13(11-14)17(25)19-6-5-15(22)23/h2-4,11-12,18H,5-10H2,1H3,(H,19,25)(H,20,24)(H,22,23). The van der Waals surface area contributed by atoms with Gasteiger partial charge in [-0.3, -0.25) is 19.3 Å². The number of rotatable bonds is 7. The van der Waals surface area contributed by atoms with E-state index in [-0.39, 0.29) is 30.8 Å². The molecule has 1 saturated heterocycles. The highest BCUT2D eigenvalue weighted by atomic mass is 16.4. The molecule has 1 atom stereocenters. The van der Waals surface area contributed by atoms with E-state index < -0.39 is 5.97 Å². The molecule has 1 unspecified atom stereocenters. The highest BCUT2D eigenvalue weighted by molar-refractivity contribution is 5.98. The highest BCUT2D eigenvalue weighted by Gasteiger charge is 2.22. The van der Waals surface area contributed by atoms with E-state index in [2.05, 4.69) is 20.9 Å². The zero-order valence-electron chi connectivity index (χ0n) is 14.2. The van der Waals surface area contributed by atoms with Crippen molar-refractivity contribution in [3.63, 3.8) is 0 Å². The van der Waals surface area contributed by atoms with Gasteiger partial charge in [-0.15, -0.1) is 0 Å². The molecule has 1 aliphatic heterocycles. The monoisotopic (exact) mass is 348 g/mol. The van der Waals surface area contributed by atoms with Crippen molar-refractivity contribution in [1.82, 2.24) is 15.5 Å². The lowest BCUT2D eigenvalue weighted by atomic mass is 10.1. The molecule has 1 aliphatic rings. The molecule has 8 heteroatoms. The van der Waals surface area contributed by atoms with Crippen molar-refractivity contribution in [3.8, 4) is 0 Å². The van der Waals surface area contributed by atoms with Crippen molar-refractivity contribution in [3.05, 3.63) is 29.8 Å². The van der Waals surface area contributed by atoms with E-state index in [0.717, 1.165) is 26.2 Å². The molecular weight excluding hydrogens is 324 g/mol. The molecule has 25 heavy (non-hydrogen) atoms. The lowest BCUT2D eigenvalue weighted by Gasteiger charge is -2.31. The van der Waals surface area contributed by atoms with Gasteiger partial charge in [-0.05, 0) is 25.1 Å². The fourth-order valence-corrected chi connectivity index (χ4v) is 2.61. The SMILES string of the molecule is CC(C(=O)Nc1cccc(C(=O)NCCC(=O)O)c1)N1CCNCC1. The van der Waals surface area contributed by atoms with Crippen LogP contribution in [0.1, 0.15) is 23.7 Å². The van der Waals surface area contributed by atoms with E-state index in [1.54, 1.807) is 24.3 Å². The van der Waals surface area contributed by atoms with E-state index in [1.807, 2.05) is 6.92 Å². The molecule has 136 valence electrons. The quantitative estimate of drug-likeness (QED) is 0.557. The van der Waals surface area contributed by atoms with Crippen LogP contribution in [0.3, 0.4) is 0 Å². The summed E-state index contributed by atoms with van der Waals surface area (Å²) in [6.45, 7) is 5.29. The number of aliphatic carboxylic acids is 1. The third kappa shape index (κ3) is 5.84. The van der Waals surface area contributed by atoms with Gasteiger partial charge in [0.25, 0.3) is 5.91 Å². The molecule has 2 amide bonds. The number of nitrogens with zero attached hydrogens (tertiary/aromatic N) is 1. The number of carboxylic acid groups (broad SMARTS) is 1. The number of carboxylic acids is 1. The van der Waals surface area contributed by atoms with Crippen LogP contribution >= 0.6 is 0 Å². The van der Waals surface area contributed by atoms with Crippen molar-refractivity contribution >= 4 is 23.5 Å². The van der Waals surface area contributed by atoms with E-state index >= 15 is 0 Å². The van der Waals surface area contributed by atoms with Crippen molar-refractivity contribution in [2.24, 2.45) is 0 Å². The van der Waals surface area contributed by atoms with E-state index in [0.29, 0.717) is 11.3 Å². The van der Waals surface area contributed by atoms with E-state index in [9.17, 15) is 14.4 Å². The second kappa shape index (κ2) is 9.14. The number of piperazine rings is 1. The molecule has 0 aliphatic carbocycles. The van der Waals surface area contributed by atoms with Gasteiger partial charge in [-0.1, -0.05) is 6.07 Å². The molecule has 1 heterocycles. The number of hydrogen-bond donors (Lipinski definition) is 4. The predicted octanol–water partition coefficient (Wildman–Crippen LogP) is 0.123. The maximum Gasteiger partial charge on any atom is 0.305 e. The molecule has 4 N–H and O–H groups in total. The van der Waals surface area contributed by atoms with E-state index in [1.165, 1.54) is 0 Å². The summed E-state index contributed by atoms with van der Waals surface area (Å²) in [7, 11) is 0. The average molecular weight is 348 g/mol. The van der Waals surface area contributed by atoms with Crippen LogP contribution in [0.25, 0.3) is 0 Å². The Balaban J connectivity index is 1.92. The van der Waals surface area contributed by atoms with Crippen molar-refractivity contribution < 1.29 is 19.5 Å². The third-order valence-electron chi connectivity index (χ3n) is 4.10. The number of nitrogens with one attached hydrogen (secondary N) is 3. The van der Waals surface area contributed by atoms with Crippen LogP contribution in [-0.4, -0.2) is 66.6 Å². The molecule has 8 nitrogen and oxygen atoms in total. The second-order valence-electron chi connectivity index (χ2n) is 5.93. The van der Waals surface area contributed by atoms with Gasteiger partial charge in [0.2, 0.25) is 5.91 Å². The normalized spacial score (nSPS) is 16.0. The van der Waals surface area contributed by atoms with Crippen LogP contribution in [0, 0.1) is 0 Å². The van der Waals surface area contributed by atoms with Crippen LogP contribution in [0.15, 0.2) is 24.3 Å². The minimum Gasteiger partial charge on any atom is -0.481 e. The van der Waals surface area contributed by atoms with E-state index in [4.69, 9.17) is 5.11 Å². The molecule has 0 radical (unpaired) electrons. The molecule has 1 aromatic rings. The molecule has 0 aromatic heterocycles. The minimum atomic E-state index is -0.969. The summed E-state index contributed by atoms with van der Waals surface area (Å²) in [5, 5.41) is 17.2. The number of carbonyl (C=O) groups excluding carboxylic acids is 2. The van der Waals surface area contributed by atoms with Crippen LogP contribution in [0.2, 0.25) is 0 Å². The number of amides is 2. The summed E-state index contributed by atoms with van der Waals surface area (Å²) in [5.41, 5.74) is 0.913. The summed E-state index contributed by atoms with van der Waals surface area (Å²) in [5.74, 6) is -1.46. The first-order valence-corrected chi connectivity index (χ1v) is 8.33. The fraction of sp³-hybridized carbons (Fsp3) is 0.471. The van der Waals surface area contributed by atoms with Gasteiger partial charge in [0.05, 0.1) is 12.5 Å². The number of benzene rings is 1. The smallest absolute Gasteiger partial charge is 0.305 e. The molecule has 0 saturated carbocycles. The maximum atomic E-state index is 12.4. The van der Waals surface area contributed by atoms with Crippen LogP contribution < -0.4 is 16.0 Å². The summed E-state index contributed by atoms with van der Waals surface area (Å²) in [6, 6.07) is 6.34. The molecule has 1 aromatic carbocycles.